The summed E-state index contributed by atoms with van der Waals surface area (Å²) < 4.78 is 4.29. The van der Waals surface area contributed by atoms with Crippen molar-refractivity contribution in [2.75, 3.05) is 14.2 Å². The number of aryl methyl sites for hydroxylation is 1. The van der Waals surface area contributed by atoms with E-state index in [1.165, 1.54) is 7.11 Å². The van der Waals surface area contributed by atoms with E-state index in [-0.39, 0.29) is 6.54 Å². The fourth-order valence-electron chi connectivity index (χ4n) is 1.44. The van der Waals surface area contributed by atoms with E-state index in [0.29, 0.717) is 0 Å². The Morgan fingerprint density at radius 2 is 1.85 bits per heavy atom. The van der Waals surface area contributed by atoms with Gasteiger partial charge in [-0.1, -0.05) is 29.8 Å². The second-order valence-electron chi connectivity index (χ2n) is 4.06. The molecule has 108 valence electrons. The number of carbonyl (C=O) groups is 2. The van der Waals surface area contributed by atoms with Gasteiger partial charge in [0, 0.05) is 0 Å². The number of benzene rings is 1. The summed E-state index contributed by atoms with van der Waals surface area (Å²) in [7, 11) is 2.44. The smallest absolute Gasteiger partial charge is 0.373 e. The number of rotatable bonds is 5. The van der Waals surface area contributed by atoms with Gasteiger partial charge in [0.1, 0.15) is 0 Å². The molecule has 1 amide bonds. The molecule has 1 aromatic rings. The van der Waals surface area contributed by atoms with Crippen molar-refractivity contribution in [1.82, 2.24) is 5.06 Å². The molecule has 1 N–H and O–H groups in total. The summed E-state index contributed by atoms with van der Waals surface area (Å²) in [6.07, 6.45) is 0.753. The number of aliphatic hydroxyl groups excluding tert-OH is 1. The minimum Gasteiger partial charge on any atom is -0.502 e. The minimum atomic E-state index is -0.982. The third-order valence-corrected chi connectivity index (χ3v) is 2.57. The average molecular weight is 279 g/mol. The number of aliphatic hydroxyl groups is 1. The van der Waals surface area contributed by atoms with Gasteiger partial charge in [0.15, 0.2) is 0 Å². The van der Waals surface area contributed by atoms with Crippen LogP contribution in [0.1, 0.15) is 11.1 Å². The predicted molar refractivity (Wildman–Crippen MR) is 71.5 cm³/mol. The van der Waals surface area contributed by atoms with Crippen molar-refractivity contribution in [1.29, 1.82) is 0 Å². The summed E-state index contributed by atoms with van der Waals surface area (Å²) in [5, 5.41) is 10.3. The van der Waals surface area contributed by atoms with Crippen LogP contribution in [-0.4, -0.2) is 36.3 Å². The number of nitrogens with zero attached hydrogens (tertiary/aromatic N) is 1. The second kappa shape index (κ2) is 7.30. The lowest BCUT2D eigenvalue weighted by atomic mass is 10.1. The van der Waals surface area contributed by atoms with Crippen molar-refractivity contribution in [2.45, 2.75) is 13.5 Å². The lowest BCUT2D eigenvalue weighted by Crippen LogP contribution is -2.28. The number of methoxy groups -OCH3 is 1. The molecule has 0 bridgehead atoms. The Morgan fingerprint density at radius 3 is 2.35 bits per heavy atom. The third kappa shape index (κ3) is 4.40. The van der Waals surface area contributed by atoms with E-state index in [4.69, 9.17) is 4.84 Å². The summed E-state index contributed by atoms with van der Waals surface area (Å²) in [4.78, 5) is 27.8. The first-order valence-electron chi connectivity index (χ1n) is 5.88. The largest absolute Gasteiger partial charge is 0.502 e. The van der Waals surface area contributed by atoms with Gasteiger partial charge in [-0.25, -0.2) is 9.86 Å². The molecule has 1 aromatic carbocycles. The zero-order valence-corrected chi connectivity index (χ0v) is 11.6. The lowest BCUT2D eigenvalue weighted by Gasteiger charge is -2.18. The highest BCUT2D eigenvalue weighted by atomic mass is 16.7. The maximum atomic E-state index is 11.8. The minimum absolute atomic E-state index is 0.195. The van der Waals surface area contributed by atoms with Gasteiger partial charge in [-0.15, -0.1) is 0 Å². The van der Waals surface area contributed by atoms with Crippen LogP contribution in [0.15, 0.2) is 36.1 Å². The maximum absolute atomic E-state index is 11.8. The Morgan fingerprint density at radius 1 is 1.25 bits per heavy atom. The first-order valence-corrected chi connectivity index (χ1v) is 5.88. The number of amides is 1. The molecule has 20 heavy (non-hydrogen) atoms. The van der Waals surface area contributed by atoms with E-state index in [9.17, 15) is 14.7 Å². The Bertz CT molecular complexity index is 507. The predicted octanol–water partition coefficient (Wildman–Crippen LogP) is 1.50. The highest BCUT2D eigenvalue weighted by molar-refractivity contribution is 5.96. The lowest BCUT2D eigenvalue weighted by molar-refractivity contribution is -0.173. The van der Waals surface area contributed by atoms with Crippen molar-refractivity contribution in [3.63, 3.8) is 0 Å². The van der Waals surface area contributed by atoms with Crippen LogP contribution < -0.4 is 0 Å². The van der Waals surface area contributed by atoms with Crippen molar-refractivity contribution in [3.8, 4) is 0 Å². The summed E-state index contributed by atoms with van der Waals surface area (Å²) in [5.74, 6) is -2.41. The molecule has 0 aliphatic carbocycles. The Kier molecular flexibility index (Phi) is 5.74. The van der Waals surface area contributed by atoms with Crippen LogP contribution in [0.2, 0.25) is 0 Å². The average Bonchev–Trinajstić information content (AvgIpc) is 2.45. The molecule has 0 fully saturated rings. The zero-order chi connectivity index (χ0) is 15.1. The zero-order valence-electron chi connectivity index (χ0n) is 11.6. The van der Waals surface area contributed by atoms with Gasteiger partial charge in [-0.3, -0.25) is 9.63 Å². The topological polar surface area (TPSA) is 76.1 Å². The normalized spacial score (nSPS) is 11.1. The van der Waals surface area contributed by atoms with Crippen LogP contribution in [0.3, 0.4) is 0 Å². The van der Waals surface area contributed by atoms with E-state index in [0.717, 1.165) is 29.4 Å². The van der Waals surface area contributed by atoms with Crippen molar-refractivity contribution in [2.24, 2.45) is 0 Å². The van der Waals surface area contributed by atoms with E-state index in [2.05, 4.69) is 4.74 Å². The molecule has 0 heterocycles. The molecule has 1 rings (SSSR count). The molecule has 0 atom stereocenters. The van der Waals surface area contributed by atoms with E-state index < -0.39 is 17.6 Å². The maximum Gasteiger partial charge on any atom is 0.373 e. The Labute approximate surface area is 117 Å². The van der Waals surface area contributed by atoms with Gasteiger partial charge < -0.3 is 9.84 Å². The van der Waals surface area contributed by atoms with Gasteiger partial charge in [-0.05, 0) is 12.5 Å². The molecular weight excluding hydrogens is 262 g/mol. The molecule has 0 saturated carbocycles. The van der Waals surface area contributed by atoms with Crippen LogP contribution in [0.4, 0.5) is 0 Å². The Hall–Kier alpha value is -2.34. The molecule has 0 radical (unpaired) electrons. The number of carbonyl (C=O) groups excluding carboxylic acids is 2. The number of esters is 1. The molecule has 0 saturated heterocycles. The first kappa shape index (κ1) is 15.7. The molecule has 6 nitrogen and oxygen atoms in total. The molecule has 0 aliphatic rings. The molecule has 0 aliphatic heterocycles. The molecule has 6 heteroatoms. The number of hydroxylamine groups is 2. The van der Waals surface area contributed by atoms with Gasteiger partial charge in [0.25, 0.3) is 5.91 Å². The number of hydrogen-bond acceptors (Lipinski definition) is 5. The van der Waals surface area contributed by atoms with E-state index in [1.54, 1.807) is 0 Å². The Balaban J connectivity index is 2.78. The number of hydrogen-bond donors (Lipinski definition) is 1. The summed E-state index contributed by atoms with van der Waals surface area (Å²) in [6.45, 7) is 2.15. The fraction of sp³-hybridized carbons (Fsp3) is 0.286. The molecule has 0 aromatic heterocycles. The van der Waals surface area contributed by atoms with E-state index in [1.807, 2.05) is 31.2 Å². The van der Waals surface area contributed by atoms with Gasteiger partial charge in [-0.2, -0.15) is 0 Å². The monoisotopic (exact) mass is 279 g/mol. The number of ether oxygens (including phenoxy) is 1. The van der Waals surface area contributed by atoms with Gasteiger partial charge in [0.2, 0.25) is 5.76 Å². The summed E-state index contributed by atoms with van der Waals surface area (Å²) in [6, 6.07) is 7.54. The molecule has 0 spiro atoms. The first-order chi connectivity index (χ1) is 9.47. The van der Waals surface area contributed by atoms with Crippen LogP contribution >= 0.6 is 0 Å². The summed E-state index contributed by atoms with van der Waals surface area (Å²) in [5.41, 5.74) is 1.96. The second-order valence-corrected chi connectivity index (χ2v) is 4.06. The van der Waals surface area contributed by atoms with E-state index >= 15 is 0 Å². The quantitative estimate of drug-likeness (QED) is 0.382. The van der Waals surface area contributed by atoms with Gasteiger partial charge in [0.05, 0.1) is 26.8 Å². The molecular formula is C14H17NO5. The van der Waals surface area contributed by atoms with Crippen molar-refractivity contribution in [3.05, 3.63) is 47.2 Å². The SMILES string of the molecule is COC(=O)/C(O)=C/C(=O)N(Cc1ccc(C)cc1)OC. The molecule has 0 unspecified atom stereocenters. The summed E-state index contributed by atoms with van der Waals surface area (Å²) >= 11 is 0. The van der Waals surface area contributed by atoms with Crippen LogP contribution in [-0.2, 0) is 25.7 Å². The van der Waals surface area contributed by atoms with Crippen LogP contribution in [0.25, 0.3) is 0 Å². The van der Waals surface area contributed by atoms with Crippen LogP contribution in [0.5, 0.6) is 0 Å². The standard InChI is InChI=1S/C14H17NO5/c1-10-4-6-11(7-5-10)9-15(20-3)13(17)8-12(16)14(18)19-2/h4-8,16H,9H2,1-3H3/b12-8-. The highest BCUT2D eigenvalue weighted by Gasteiger charge is 2.16. The third-order valence-electron chi connectivity index (χ3n) is 2.57. The fourth-order valence-corrected chi connectivity index (χ4v) is 1.44. The van der Waals surface area contributed by atoms with Crippen molar-refractivity contribution >= 4 is 11.9 Å². The van der Waals surface area contributed by atoms with Gasteiger partial charge >= 0.3 is 5.97 Å². The van der Waals surface area contributed by atoms with Crippen LogP contribution in [0, 0.1) is 6.92 Å². The van der Waals surface area contributed by atoms with Crippen molar-refractivity contribution < 1.29 is 24.3 Å². The highest BCUT2D eigenvalue weighted by Crippen LogP contribution is 2.08.